The molecular formula is C11H17NO4. The number of Topliss-reactive ketones (excluding diaryl/α,β-unsaturated/α-hetero) is 1. The smallest absolute Gasteiger partial charge is 0.410 e. The van der Waals surface area contributed by atoms with E-state index in [1.807, 2.05) is 0 Å². The van der Waals surface area contributed by atoms with Crippen molar-refractivity contribution in [3.05, 3.63) is 0 Å². The van der Waals surface area contributed by atoms with E-state index in [1.54, 1.807) is 20.8 Å². The van der Waals surface area contributed by atoms with Gasteiger partial charge in [-0.3, -0.25) is 4.79 Å². The molecule has 0 spiro atoms. The molecule has 5 heteroatoms. The molecule has 0 radical (unpaired) electrons. The summed E-state index contributed by atoms with van der Waals surface area (Å²) >= 11 is 0. The van der Waals surface area contributed by atoms with Crippen LogP contribution in [0.5, 0.6) is 0 Å². The molecule has 1 amide bonds. The molecule has 0 bridgehead atoms. The Labute approximate surface area is 94.7 Å². The van der Waals surface area contributed by atoms with Crippen LogP contribution >= 0.6 is 0 Å². The fourth-order valence-electron chi connectivity index (χ4n) is 1.47. The summed E-state index contributed by atoms with van der Waals surface area (Å²) in [6.45, 7) is 5.79. The lowest BCUT2D eigenvalue weighted by molar-refractivity contribution is -0.130. The van der Waals surface area contributed by atoms with E-state index in [9.17, 15) is 14.4 Å². The number of rotatable bonds is 1. The van der Waals surface area contributed by atoms with Crippen LogP contribution in [-0.4, -0.2) is 41.8 Å². The van der Waals surface area contributed by atoms with Crippen LogP contribution in [0, 0.1) is 5.92 Å². The van der Waals surface area contributed by atoms with E-state index in [0.717, 1.165) is 0 Å². The fourth-order valence-corrected chi connectivity index (χ4v) is 1.47. The van der Waals surface area contributed by atoms with Crippen molar-refractivity contribution in [2.45, 2.75) is 32.8 Å². The fraction of sp³-hybridized carbons (Fsp3) is 0.727. The summed E-state index contributed by atoms with van der Waals surface area (Å²) in [6, 6.07) is 0. The number of carbonyl (C=O) groups is 3. The number of nitrogens with zero attached hydrogens (tertiary/aromatic N) is 1. The van der Waals surface area contributed by atoms with Crippen LogP contribution in [0.2, 0.25) is 0 Å². The minimum Gasteiger partial charge on any atom is -0.444 e. The maximum absolute atomic E-state index is 11.7. The van der Waals surface area contributed by atoms with Crippen molar-refractivity contribution < 1.29 is 19.1 Å². The van der Waals surface area contributed by atoms with Gasteiger partial charge in [-0.25, -0.2) is 4.79 Å². The number of ether oxygens (including phenoxy) is 1. The first-order valence-electron chi connectivity index (χ1n) is 5.29. The van der Waals surface area contributed by atoms with Crippen LogP contribution < -0.4 is 0 Å². The molecule has 0 saturated carbocycles. The quantitative estimate of drug-likeness (QED) is 0.495. The Morgan fingerprint density at radius 1 is 1.50 bits per heavy atom. The van der Waals surface area contributed by atoms with Crippen molar-refractivity contribution in [3.63, 3.8) is 0 Å². The number of hydrogen-bond acceptors (Lipinski definition) is 4. The molecule has 1 rings (SSSR count). The van der Waals surface area contributed by atoms with Gasteiger partial charge in [0.1, 0.15) is 17.7 Å². The van der Waals surface area contributed by atoms with Gasteiger partial charge < -0.3 is 14.4 Å². The third kappa shape index (κ3) is 3.32. The van der Waals surface area contributed by atoms with Gasteiger partial charge in [0.05, 0.1) is 5.92 Å². The van der Waals surface area contributed by atoms with Crippen molar-refractivity contribution in [2.24, 2.45) is 5.92 Å². The highest BCUT2D eigenvalue weighted by Crippen LogP contribution is 2.15. The average molecular weight is 227 g/mol. The highest BCUT2D eigenvalue weighted by molar-refractivity contribution is 5.95. The number of likely N-dealkylation sites (tertiary alicyclic amines) is 1. The van der Waals surface area contributed by atoms with Crippen LogP contribution in [0.1, 0.15) is 27.2 Å². The molecule has 5 nitrogen and oxygen atoms in total. The number of piperidine rings is 1. The summed E-state index contributed by atoms with van der Waals surface area (Å²) in [7, 11) is 0. The van der Waals surface area contributed by atoms with Crippen molar-refractivity contribution in [3.8, 4) is 0 Å². The SMILES string of the molecule is CC(C)(C)OC(=O)N1CCC(=O)[C@H](C=O)C1. The molecule has 0 aromatic carbocycles. The Morgan fingerprint density at radius 3 is 2.62 bits per heavy atom. The topological polar surface area (TPSA) is 63.7 Å². The van der Waals surface area contributed by atoms with Gasteiger partial charge in [-0.05, 0) is 20.8 Å². The third-order valence-corrected chi connectivity index (χ3v) is 2.27. The lowest BCUT2D eigenvalue weighted by Gasteiger charge is -2.31. The molecule has 0 aromatic rings. The van der Waals surface area contributed by atoms with Crippen LogP contribution in [-0.2, 0) is 14.3 Å². The predicted octanol–water partition coefficient (Wildman–Crippen LogP) is 1.01. The van der Waals surface area contributed by atoms with Gasteiger partial charge >= 0.3 is 6.09 Å². The molecular weight excluding hydrogens is 210 g/mol. The molecule has 0 unspecified atom stereocenters. The van der Waals surface area contributed by atoms with Crippen molar-refractivity contribution in [1.82, 2.24) is 4.90 Å². The molecule has 90 valence electrons. The molecule has 1 atom stereocenters. The minimum absolute atomic E-state index is 0.102. The molecule has 0 aliphatic carbocycles. The summed E-state index contributed by atoms with van der Waals surface area (Å²) in [5.74, 6) is -0.795. The monoisotopic (exact) mass is 227 g/mol. The first kappa shape index (κ1) is 12.7. The summed E-state index contributed by atoms with van der Waals surface area (Å²) in [6.07, 6.45) is 0.355. The highest BCUT2D eigenvalue weighted by Gasteiger charge is 2.31. The number of hydrogen-bond donors (Lipinski definition) is 0. The number of ketones is 1. The Morgan fingerprint density at radius 2 is 2.12 bits per heavy atom. The molecule has 1 fully saturated rings. The van der Waals surface area contributed by atoms with Gasteiger partial charge in [0, 0.05) is 19.5 Å². The van der Waals surface area contributed by atoms with E-state index in [2.05, 4.69) is 0 Å². The largest absolute Gasteiger partial charge is 0.444 e. The zero-order valence-electron chi connectivity index (χ0n) is 9.86. The van der Waals surface area contributed by atoms with Gasteiger partial charge in [-0.2, -0.15) is 0 Å². The zero-order chi connectivity index (χ0) is 12.3. The van der Waals surface area contributed by atoms with E-state index in [1.165, 1.54) is 4.90 Å². The molecule has 1 heterocycles. The van der Waals surface area contributed by atoms with E-state index < -0.39 is 17.6 Å². The number of aldehydes is 1. The molecule has 1 aliphatic rings. The Kier molecular flexibility index (Phi) is 3.67. The second-order valence-electron chi connectivity index (χ2n) is 4.89. The van der Waals surface area contributed by atoms with Crippen molar-refractivity contribution in [1.29, 1.82) is 0 Å². The maximum Gasteiger partial charge on any atom is 0.410 e. The summed E-state index contributed by atoms with van der Waals surface area (Å²) < 4.78 is 5.17. The predicted molar refractivity (Wildman–Crippen MR) is 57.0 cm³/mol. The zero-order valence-corrected chi connectivity index (χ0v) is 9.86. The third-order valence-electron chi connectivity index (χ3n) is 2.27. The highest BCUT2D eigenvalue weighted by atomic mass is 16.6. The first-order valence-corrected chi connectivity index (χ1v) is 5.29. The summed E-state index contributed by atoms with van der Waals surface area (Å²) in [5.41, 5.74) is -0.560. The standard InChI is InChI=1S/C11H17NO4/c1-11(2,3)16-10(15)12-5-4-9(14)8(6-12)7-13/h7-8H,4-6H2,1-3H3/t8-/m0/s1. The molecule has 1 aliphatic heterocycles. The van der Waals surface area contributed by atoms with Gasteiger partial charge in [0.15, 0.2) is 0 Å². The van der Waals surface area contributed by atoms with E-state index in [4.69, 9.17) is 4.74 Å². The van der Waals surface area contributed by atoms with Crippen LogP contribution in [0.25, 0.3) is 0 Å². The van der Waals surface area contributed by atoms with E-state index in [0.29, 0.717) is 12.8 Å². The maximum atomic E-state index is 11.7. The van der Waals surface area contributed by atoms with Gasteiger partial charge in [-0.1, -0.05) is 0 Å². The van der Waals surface area contributed by atoms with Crippen molar-refractivity contribution >= 4 is 18.2 Å². The molecule has 1 saturated heterocycles. The minimum atomic E-state index is -0.693. The van der Waals surface area contributed by atoms with Crippen LogP contribution in [0.4, 0.5) is 4.79 Å². The van der Waals surface area contributed by atoms with Gasteiger partial charge in [0.2, 0.25) is 0 Å². The Balaban J connectivity index is 2.59. The average Bonchev–Trinajstić information content (AvgIpc) is 2.15. The van der Waals surface area contributed by atoms with E-state index in [-0.39, 0.29) is 18.7 Å². The Bertz CT molecular complexity index is 306. The van der Waals surface area contributed by atoms with Gasteiger partial charge in [-0.15, -0.1) is 0 Å². The number of amides is 1. The van der Waals surface area contributed by atoms with Crippen LogP contribution in [0.15, 0.2) is 0 Å². The molecule has 16 heavy (non-hydrogen) atoms. The lowest BCUT2D eigenvalue weighted by Crippen LogP contribution is -2.46. The molecule has 0 aromatic heterocycles. The summed E-state index contributed by atoms with van der Waals surface area (Å²) in [4.78, 5) is 35.0. The second-order valence-corrected chi connectivity index (χ2v) is 4.89. The van der Waals surface area contributed by atoms with Gasteiger partial charge in [0.25, 0.3) is 0 Å². The first-order chi connectivity index (χ1) is 7.33. The number of carbonyl (C=O) groups excluding carboxylic acids is 3. The molecule has 0 N–H and O–H groups in total. The van der Waals surface area contributed by atoms with E-state index >= 15 is 0 Å². The van der Waals surface area contributed by atoms with Crippen LogP contribution in [0.3, 0.4) is 0 Å². The van der Waals surface area contributed by atoms with Crippen molar-refractivity contribution in [2.75, 3.05) is 13.1 Å². The normalized spacial score (nSPS) is 21.8. The lowest BCUT2D eigenvalue weighted by atomic mass is 9.98. The summed E-state index contributed by atoms with van der Waals surface area (Å²) in [5, 5.41) is 0. The Hall–Kier alpha value is -1.39. The second kappa shape index (κ2) is 4.63.